The van der Waals surface area contributed by atoms with Gasteiger partial charge in [0.1, 0.15) is 5.78 Å². The number of carbonyl (C=O) groups is 1. The molecule has 0 unspecified atom stereocenters. The van der Waals surface area contributed by atoms with Gasteiger partial charge in [-0.2, -0.15) is 0 Å². The first kappa shape index (κ1) is 10.9. The van der Waals surface area contributed by atoms with Crippen LogP contribution < -0.4 is 10.6 Å². The van der Waals surface area contributed by atoms with Crippen LogP contribution in [0.1, 0.15) is 5.56 Å². The minimum Gasteiger partial charge on any atom is -0.315 e. The van der Waals surface area contributed by atoms with E-state index in [4.69, 9.17) is 0 Å². The second kappa shape index (κ2) is 4.24. The van der Waals surface area contributed by atoms with Crippen LogP contribution in [0.3, 0.4) is 0 Å². The molecule has 2 fully saturated rings. The molecule has 0 aromatic heterocycles. The molecular weight excluding hydrogens is 212 g/mol. The molecule has 0 saturated carbocycles. The molecular formula is C14H18N2O. The van der Waals surface area contributed by atoms with E-state index in [0.29, 0.717) is 5.78 Å². The monoisotopic (exact) mass is 230 g/mol. The fourth-order valence-electron chi connectivity index (χ4n) is 3.10. The van der Waals surface area contributed by atoms with E-state index in [0.717, 1.165) is 32.6 Å². The predicted octanol–water partition coefficient (Wildman–Crippen LogP) is 0.607. The van der Waals surface area contributed by atoms with Crippen molar-refractivity contribution in [2.24, 2.45) is 11.3 Å². The highest BCUT2D eigenvalue weighted by Crippen LogP contribution is 2.31. The lowest BCUT2D eigenvalue weighted by Gasteiger charge is -2.44. The summed E-state index contributed by atoms with van der Waals surface area (Å²) in [6.45, 7) is 3.29. The predicted molar refractivity (Wildman–Crippen MR) is 66.8 cm³/mol. The van der Waals surface area contributed by atoms with E-state index in [9.17, 15) is 4.79 Å². The van der Waals surface area contributed by atoms with E-state index in [1.54, 1.807) is 0 Å². The Kier molecular flexibility index (Phi) is 2.73. The molecule has 0 amide bonds. The zero-order valence-corrected chi connectivity index (χ0v) is 9.91. The molecule has 0 aliphatic carbocycles. The topological polar surface area (TPSA) is 41.1 Å². The highest BCUT2D eigenvalue weighted by molar-refractivity contribution is 5.89. The third kappa shape index (κ3) is 1.90. The van der Waals surface area contributed by atoms with E-state index < -0.39 is 0 Å². The van der Waals surface area contributed by atoms with Crippen LogP contribution >= 0.6 is 0 Å². The van der Waals surface area contributed by atoms with Crippen LogP contribution in [-0.4, -0.2) is 32.0 Å². The zero-order chi connectivity index (χ0) is 11.7. The van der Waals surface area contributed by atoms with Crippen LogP contribution in [0.4, 0.5) is 0 Å². The molecule has 0 atom stereocenters. The Hall–Kier alpha value is -1.19. The molecule has 2 bridgehead atoms. The smallest absolute Gasteiger partial charge is 0.147 e. The van der Waals surface area contributed by atoms with Crippen molar-refractivity contribution in [3.05, 3.63) is 35.9 Å². The Morgan fingerprint density at radius 2 is 1.76 bits per heavy atom. The van der Waals surface area contributed by atoms with Gasteiger partial charge in [0.2, 0.25) is 0 Å². The number of ketones is 1. The highest BCUT2D eigenvalue weighted by Gasteiger charge is 2.47. The summed E-state index contributed by atoms with van der Waals surface area (Å²) in [5.74, 6) is 0.625. The molecule has 3 nitrogen and oxygen atoms in total. The van der Waals surface area contributed by atoms with Crippen LogP contribution in [0.25, 0.3) is 0 Å². The maximum Gasteiger partial charge on any atom is 0.147 e. The quantitative estimate of drug-likeness (QED) is 0.782. The summed E-state index contributed by atoms with van der Waals surface area (Å²) in [7, 11) is 0. The summed E-state index contributed by atoms with van der Waals surface area (Å²) in [5, 5.41) is 6.83. The van der Waals surface area contributed by atoms with E-state index in [1.165, 1.54) is 5.56 Å². The molecule has 1 aromatic carbocycles. The fourth-order valence-corrected chi connectivity index (χ4v) is 3.10. The van der Waals surface area contributed by atoms with Gasteiger partial charge in [-0.25, -0.2) is 0 Å². The van der Waals surface area contributed by atoms with Crippen molar-refractivity contribution in [1.82, 2.24) is 10.6 Å². The number of fused-ring (bicyclic) bond motifs is 2. The molecule has 2 N–H and O–H groups in total. The molecule has 0 radical (unpaired) electrons. The van der Waals surface area contributed by atoms with Crippen molar-refractivity contribution in [3.8, 4) is 0 Å². The first-order chi connectivity index (χ1) is 8.30. The minimum absolute atomic E-state index is 0.168. The molecule has 2 heterocycles. The van der Waals surface area contributed by atoms with Gasteiger partial charge in [-0.3, -0.25) is 4.79 Å². The molecule has 17 heavy (non-hydrogen) atoms. The van der Waals surface area contributed by atoms with Crippen LogP contribution in [0, 0.1) is 11.3 Å². The number of rotatable bonds is 2. The Morgan fingerprint density at radius 1 is 1.12 bits per heavy atom. The molecule has 2 aliphatic rings. The van der Waals surface area contributed by atoms with Crippen molar-refractivity contribution in [2.45, 2.75) is 6.42 Å². The number of hydrogen-bond acceptors (Lipinski definition) is 3. The summed E-state index contributed by atoms with van der Waals surface area (Å²) in [6.07, 6.45) is 0.850. The number of carbonyl (C=O) groups excluding carboxylic acids is 1. The number of nitrogens with one attached hydrogen (secondary N) is 2. The lowest BCUT2D eigenvalue weighted by Crippen LogP contribution is -2.63. The summed E-state index contributed by atoms with van der Waals surface area (Å²) < 4.78 is 0. The Labute approximate surface area is 102 Å². The normalized spacial score (nSPS) is 32.5. The fraction of sp³-hybridized carbons (Fsp3) is 0.500. The zero-order valence-electron chi connectivity index (χ0n) is 9.91. The molecule has 1 aromatic rings. The maximum absolute atomic E-state index is 12.5. The summed E-state index contributed by atoms with van der Waals surface area (Å²) >= 11 is 0. The third-order valence-corrected chi connectivity index (χ3v) is 3.99. The lowest BCUT2D eigenvalue weighted by molar-refractivity contribution is -0.137. The average Bonchev–Trinajstić information content (AvgIpc) is 2.32. The maximum atomic E-state index is 12.5. The summed E-state index contributed by atoms with van der Waals surface area (Å²) in [6, 6.07) is 10.3. The number of Topliss-reactive ketones (excluding diaryl/α,β-unsaturated/α-hetero) is 1. The van der Waals surface area contributed by atoms with Gasteiger partial charge in [-0.1, -0.05) is 30.3 Å². The number of piperidine rings is 2. The van der Waals surface area contributed by atoms with Gasteiger partial charge in [0.25, 0.3) is 0 Å². The van der Waals surface area contributed by atoms with Gasteiger partial charge in [-0.05, 0) is 12.0 Å². The van der Waals surface area contributed by atoms with Crippen LogP contribution in [0.15, 0.2) is 30.3 Å². The standard InChI is InChI=1S/C14H18N2O/c17-13-12-7-15-9-14(13,10-16-8-12)6-11-4-2-1-3-5-11/h1-5,12,15-16H,6-10H2. The van der Waals surface area contributed by atoms with Crippen LogP contribution in [0.5, 0.6) is 0 Å². The number of hydrogen-bond donors (Lipinski definition) is 2. The van der Waals surface area contributed by atoms with Crippen LogP contribution in [-0.2, 0) is 11.2 Å². The van der Waals surface area contributed by atoms with E-state index in [1.807, 2.05) is 18.2 Å². The SMILES string of the molecule is O=C1C2CNCC1(Cc1ccccc1)CNC2. The highest BCUT2D eigenvalue weighted by atomic mass is 16.1. The van der Waals surface area contributed by atoms with Gasteiger partial charge < -0.3 is 10.6 Å². The van der Waals surface area contributed by atoms with Gasteiger partial charge in [0.15, 0.2) is 0 Å². The van der Waals surface area contributed by atoms with Gasteiger partial charge in [0.05, 0.1) is 5.41 Å². The van der Waals surface area contributed by atoms with Crippen molar-refractivity contribution >= 4 is 5.78 Å². The van der Waals surface area contributed by atoms with Crippen molar-refractivity contribution < 1.29 is 4.79 Å². The minimum atomic E-state index is -0.220. The number of benzene rings is 1. The van der Waals surface area contributed by atoms with E-state index in [-0.39, 0.29) is 11.3 Å². The summed E-state index contributed by atoms with van der Waals surface area (Å²) in [4.78, 5) is 12.5. The van der Waals surface area contributed by atoms with Gasteiger partial charge in [0, 0.05) is 32.1 Å². The first-order valence-electron chi connectivity index (χ1n) is 6.30. The van der Waals surface area contributed by atoms with Gasteiger partial charge >= 0.3 is 0 Å². The Morgan fingerprint density at radius 3 is 2.41 bits per heavy atom. The average molecular weight is 230 g/mol. The second-order valence-corrected chi connectivity index (χ2v) is 5.27. The molecule has 3 heteroatoms. The van der Waals surface area contributed by atoms with E-state index in [2.05, 4.69) is 22.8 Å². The molecule has 0 spiro atoms. The Balaban J connectivity index is 1.86. The third-order valence-electron chi connectivity index (χ3n) is 3.99. The lowest BCUT2D eigenvalue weighted by atomic mass is 9.69. The molecule has 90 valence electrons. The second-order valence-electron chi connectivity index (χ2n) is 5.27. The van der Waals surface area contributed by atoms with Crippen molar-refractivity contribution in [1.29, 1.82) is 0 Å². The van der Waals surface area contributed by atoms with Crippen molar-refractivity contribution in [2.75, 3.05) is 26.2 Å². The van der Waals surface area contributed by atoms with E-state index >= 15 is 0 Å². The van der Waals surface area contributed by atoms with Crippen LogP contribution in [0.2, 0.25) is 0 Å². The molecule has 2 saturated heterocycles. The van der Waals surface area contributed by atoms with Crippen molar-refractivity contribution in [3.63, 3.8) is 0 Å². The largest absolute Gasteiger partial charge is 0.315 e. The first-order valence-corrected chi connectivity index (χ1v) is 6.30. The Bertz CT molecular complexity index is 405. The molecule has 2 aliphatic heterocycles. The summed E-state index contributed by atoms with van der Waals surface area (Å²) in [5.41, 5.74) is 1.04. The molecule has 3 rings (SSSR count). The van der Waals surface area contributed by atoms with Gasteiger partial charge in [-0.15, -0.1) is 0 Å².